The van der Waals surface area contributed by atoms with Crippen LogP contribution in [0.15, 0.2) is 5.38 Å². The zero-order valence-electron chi connectivity index (χ0n) is 9.71. The van der Waals surface area contributed by atoms with Gasteiger partial charge in [0.1, 0.15) is 0 Å². The van der Waals surface area contributed by atoms with Crippen LogP contribution in [-0.4, -0.2) is 37.3 Å². The molecule has 96 valence electrons. The minimum atomic E-state index is -0.0447. The summed E-state index contributed by atoms with van der Waals surface area (Å²) in [7, 11) is 0. The Hall–Kier alpha value is -1.48. The number of rotatable bonds is 6. The number of aryl methyl sites for hydroxylation is 1. The zero-order chi connectivity index (χ0) is 12.8. The third-order valence-electron chi connectivity index (χ3n) is 1.98. The summed E-state index contributed by atoms with van der Waals surface area (Å²) in [5.41, 5.74) is 1.02. The molecule has 2 aromatic heterocycles. The van der Waals surface area contributed by atoms with E-state index in [1.165, 1.54) is 11.8 Å². The summed E-state index contributed by atoms with van der Waals surface area (Å²) in [5, 5.41) is 19.0. The first-order chi connectivity index (χ1) is 8.74. The van der Waals surface area contributed by atoms with Gasteiger partial charge >= 0.3 is 0 Å². The number of amides is 1. The second kappa shape index (κ2) is 6.45. The first-order valence-electron chi connectivity index (χ1n) is 5.22. The highest BCUT2D eigenvalue weighted by molar-refractivity contribution is 7.99. The molecule has 1 amide bonds. The molecule has 0 saturated carbocycles. The van der Waals surface area contributed by atoms with Crippen LogP contribution in [0.4, 0.5) is 0 Å². The molecule has 0 unspecified atom stereocenters. The molecule has 2 rings (SSSR count). The third kappa shape index (κ3) is 4.08. The molecule has 0 aliphatic heterocycles. The van der Waals surface area contributed by atoms with Gasteiger partial charge in [0.25, 0.3) is 0 Å². The molecular weight excluding hydrogens is 272 g/mol. The van der Waals surface area contributed by atoms with Crippen LogP contribution in [0.25, 0.3) is 0 Å². The van der Waals surface area contributed by atoms with Gasteiger partial charge in [-0.1, -0.05) is 5.21 Å². The molecule has 18 heavy (non-hydrogen) atoms. The van der Waals surface area contributed by atoms with Crippen molar-refractivity contribution in [2.75, 3.05) is 5.75 Å². The van der Waals surface area contributed by atoms with E-state index < -0.39 is 0 Å². The van der Waals surface area contributed by atoms with E-state index in [1.54, 1.807) is 11.3 Å². The van der Waals surface area contributed by atoms with E-state index in [9.17, 15) is 4.79 Å². The third-order valence-corrected chi connectivity index (χ3v) is 3.77. The van der Waals surface area contributed by atoms with E-state index in [-0.39, 0.29) is 5.91 Å². The predicted molar refractivity (Wildman–Crippen MR) is 69.0 cm³/mol. The van der Waals surface area contributed by atoms with E-state index in [4.69, 9.17) is 0 Å². The molecular formula is C9H12N6OS2. The van der Waals surface area contributed by atoms with Gasteiger partial charge in [0.15, 0.2) is 5.82 Å². The summed E-state index contributed by atoms with van der Waals surface area (Å²) in [5.74, 6) is 1.58. The van der Waals surface area contributed by atoms with Gasteiger partial charge in [0, 0.05) is 11.1 Å². The molecule has 0 aliphatic rings. The van der Waals surface area contributed by atoms with Crippen LogP contribution in [0.5, 0.6) is 0 Å². The van der Waals surface area contributed by atoms with E-state index in [0.29, 0.717) is 18.1 Å². The quantitative estimate of drug-likeness (QED) is 0.802. The minimum absolute atomic E-state index is 0.0447. The Labute approximate surface area is 112 Å². The Morgan fingerprint density at radius 1 is 1.61 bits per heavy atom. The topological polar surface area (TPSA) is 96.5 Å². The Bertz CT molecular complexity index is 497. The fourth-order valence-electron chi connectivity index (χ4n) is 1.21. The first-order valence-corrected chi connectivity index (χ1v) is 7.25. The van der Waals surface area contributed by atoms with Crippen LogP contribution >= 0.6 is 23.1 Å². The lowest BCUT2D eigenvalue weighted by Crippen LogP contribution is -2.25. The molecule has 7 nitrogen and oxygen atoms in total. The van der Waals surface area contributed by atoms with Crippen molar-refractivity contribution in [3.05, 3.63) is 21.9 Å². The van der Waals surface area contributed by atoms with E-state index in [0.717, 1.165) is 16.5 Å². The lowest BCUT2D eigenvalue weighted by molar-refractivity contribution is -0.118. The molecule has 2 N–H and O–H groups in total. The smallest absolute Gasteiger partial charge is 0.230 e. The normalized spacial score (nSPS) is 10.5. The number of thioether (sulfide) groups is 1. The van der Waals surface area contributed by atoms with Crippen molar-refractivity contribution in [2.24, 2.45) is 0 Å². The number of carbonyl (C=O) groups is 1. The summed E-state index contributed by atoms with van der Waals surface area (Å²) >= 11 is 3.15. The van der Waals surface area contributed by atoms with Crippen molar-refractivity contribution < 1.29 is 4.79 Å². The van der Waals surface area contributed by atoms with Gasteiger partial charge in [0.05, 0.1) is 23.0 Å². The fourth-order valence-corrected chi connectivity index (χ4v) is 2.67. The van der Waals surface area contributed by atoms with Crippen molar-refractivity contribution >= 4 is 29.0 Å². The maximum Gasteiger partial charge on any atom is 0.230 e. The minimum Gasteiger partial charge on any atom is -0.348 e. The number of nitrogens with one attached hydrogen (secondary N) is 2. The number of thiazole rings is 1. The number of hydrogen-bond acceptors (Lipinski definition) is 7. The fraction of sp³-hybridized carbons (Fsp3) is 0.444. The highest BCUT2D eigenvalue weighted by Gasteiger charge is 2.05. The Morgan fingerprint density at radius 3 is 3.17 bits per heavy atom. The molecule has 0 aromatic carbocycles. The molecule has 0 spiro atoms. The molecule has 0 atom stereocenters. The van der Waals surface area contributed by atoms with E-state index in [1.807, 2.05) is 12.3 Å². The number of tetrazole rings is 1. The molecule has 9 heteroatoms. The number of aromatic nitrogens is 5. The van der Waals surface area contributed by atoms with Crippen LogP contribution in [0.2, 0.25) is 0 Å². The summed E-state index contributed by atoms with van der Waals surface area (Å²) in [6.45, 7) is 2.27. The van der Waals surface area contributed by atoms with Gasteiger partial charge in [0.2, 0.25) is 5.91 Å². The summed E-state index contributed by atoms with van der Waals surface area (Å²) in [4.78, 5) is 15.8. The van der Waals surface area contributed by atoms with Crippen LogP contribution in [-0.2, 0) is 17.1 Å². The molecule has 0 fully saturated rings. The Kier molecular flexibility index (Phi) is 4.65. The van der Waals surface area contributed by atoms with Gasteiger partial charge in [-0.15, -0.1) is 33.3 Å². The average Bonchev–Trinajstić information content (AvgIpc) is 2.98. The number of H-pyrrole nitrogens is 1. The Balaban J connectivity index is 1.63. The lowest BCUT2D eigenvalue weighted by atomic mass is 10.5. The van der Waals surface area contributed by atoms with Gasteiger partial charge in [-0.25, -0.2) is 4.98 Å². The van der Waals surface area contributed by atoms with E-state index >= 15 is 0 Å². The van der Waals surface area contributed by atoms with Crippen LogP contribution in [0, 0.1) is 6.92 Å². The highest BCUT2D eigenvalue weighted by Crippen LogP contribution is 2.14. The van der Waals surface area contributed by atoms with Gasteiger partial charge in [-0.05, 0) is 6.92 Å². The lowest BCUT2D eigenvalue weighted by Gasteiger charge is -2.01. The highest BCUT2D eigenvalue weighted by atomic mass is 32.2. The summed E-state index contributed by atoms with van der Waals surface area (Å²) < 4.78 is 0. The summed E-state index contributed by atoms with van der Waals surface area (Å²) in [6, 6.07) is 0. The number of hydrogen-bond donors (Lipinski definition) is 2. The number of aromatic amines is 1. The van der Waals surface area contributed by atoms with E-state index in [2.05, 4.69) is 30.9 Å². The SMILES string of the molecule is Cc1nc(CSCC(=O)NCc2nn[nH]n2)cs1. The number of nitrogens with zero attached hydrogens (tertiary/aromatic N) is 4. The predicted octanol–water partition coefficient (Wildman–Crippen LogP) is 0.514. The standard InChI is InChI=1S/C9H12N6OS2/c1-6-11-7(4-18-6)3-17-5-9(16)10-2-8-12-14-15-13-8/h4H,2-3,5H2,1H3,(H,10,16)(H,12,13,14,15). The molecule has 0 aliphatic carbocycles. The second-order valence-corrected chi connectivity index (χ2v) is 5.50. The van der Waals surface area contributed by atoms with Crippen LogP contribution in [0.1, 0.15) is 16.5 Å². The Morgan fingerprint density at radius 2 is 2.50 bits per heavy atom. The zero-order valence-corrected chi connectivity index (χ0v) is 11.3. The molecule has 2 aromatic rings. The monoisotopic (exact) mass is 284 g/mol. The maximum absolute atomic E-state index is 11.5. The van der Waals surface area contributed by atoms with Crippen LogP contribution < -0.4 is 5.32 Å². The number of carbonyl (C=O) groups excluding carboxylic acids is 1. The second-order valence-electron chi connectivity index (χ2n) is 3.46. The van der Waals surface area contributed by atoms with Crippen molar-refractivity contribution in [3.63, 3.8) is 0 Å². The largest absolute Gasteiger partial charge is 0.348 e. The van der Waals surface area contributed by atoms with Gasteiger partial charge in [-0.2, -0.15) is 5.21 Å². The molecule has 2 heterocycles. The summed E-state index contributed by atoms with van der Waals surface area (Å²) in [6.07, 6.45) is 0. The molecule has 0 saturated heterocycles. The van der Waals surface area contributed by atoms with Crippen molar-refractivity contribution in [3.8, 4) is 0 Å². The first kappa shape index (κ1) is 13.0. The van der Waals surface area contributed by atoms with Crippen molar-refractivity contribution in [1.82, 2.24) is 30.9 Å². The van der Waals surface area contributed by atoms with Crippen molar-refractivity contribution in [1.29, 1.82) is 0 Å². The van der Waals surface area contributed by atoms with Gasteiger partial charge in [-0.3, -0.25) is 4.79 Å². The van der Waals surface area contributed by atoms with Gasteiger partial charge < -0.3 is 5.32 Å². The molecule has 0 radical (unpaired) electrons. The maximum atomic E-state index is 11.5. The van der Waals surface area contributed by atoms with Crippen LogP contribution in [0.3, 0.4) is 0 Å². The average molecular weight is 284 g/mol. The molecule has 0 bridgehead atoms. The van der Waals surface area contributed by atoms with Crippen molar-refractivity contribution in [2.45, 2.75) is 19.2 Å².